The molecule has 104 valence electrons. The smallest absolute Gasteiger partial charge is 0.179 e. The lowest BCUT2D eigenvalue weighted by Gasteiger charge is -2.04. The van der Waals surface area contributed by atoms with Crippen LogP contribution in [0.3, 0.4) is 0 Å². The van der Waals surface area contributed by atoms with Gasteiger partial charge in [-0.1, -0.05) is 50.6 Å². The van der Waals surface area contributed by atoms with Crippen LogP contribution in [0.2, 0.25) is 5.02 Å². The van der Waals surface area contributed by atoms with Gasteiger partial charge in [0.2, 0.25) is 0 Å². The molecule has 0 aromatic carbocycles. The number of imidazole rings is 1. The maximum atomic E-state index is 5.93. The summed E-state index contributed by atoms with van der Waals surface area (Å²) >= 11 is 11.3. The maximum absolute atomic E-state index is 5.93. The average Bonchev–Trinajstić information content (AvgIpc) is 2.69. The van der Waals surface area contributed by atoms with Crippen LogP contribution in [0.25, 0.3) is 11.2 Å². The second kappa shape index (κ2) is 7.06. The Labute approximate surface area is 124 Å². The molecule has 0 amide bonds. The molecule has 2 aromatic heterocycles. The van der Waals surface area contributed by atoms with Crippen LogP contribution in [0.4, 0.5) is 0 Å². The van der Waals surface area contributed by atoms with E-state index in [1.54, 1.807) is 6.20 Å². The SMILES string of the molecule is CCCCCCCCn1c(=S)[nH]c2cc(Cl)cnc21. The number of nitrogens with zero attached hydrogens (tertiary/aromatic N) is 2. The summed E-state index contributed by atoms with van der Waals surface area (Å²) in [6.45, 7) is 3.17. The van der Waals surface area contributed by atoms with E-state index < -0.39 is 0 Å². The number of aryl methyl sites for hydroxylation is 1. The topological polar surface area (TPSA) is 33.6 Å². The van der Waals surface area contributed by atoms with Crippen molar-refractivity contribution in [1.82, 2.24) is 14.5 Å². The van der Waals surface area contributed by atoms with Crippen LogP contribution < -0.4 is 0 Å². The molecule has 0 bridgehead atoms. The Balaban J connectivity index is 1.97. The molecule has 0 aliphatic heterocycles. The van der Waals surface area contributed by atoms with Gasteiger partial charge in [0.15, 0.2) is 10.4 Å². The average molecular weight is 298 g/mol. The molecule has 2 rings (SSSR count). The highest BCUT2D eigenvalue weighted by molar-refractivity contribution is 7.71. The predicted octanol–water partition coefficient (Wildman–Crippen LogP) is 5.11. The van der Waals surface area contributed by atoms with Gasteiger partial charge in [-0.2, -0.15) is 0 Å². The van der Waals surface area contributed by atoms with Crippen molar-refractivity contribution in [3.8, 4) is 0 Å². The van der Waals surface area contributed by atoms with E-state index in [1.807, 2.05) is 6.07 Å². The van der Waals surface area contributed by atoms with Crippen molar-refractivity contribution in [2.24, 2.45) is 0 Å². The highest BCUT2D eigenvalue weighted by atomic mass is 35.5. The number of halogens is 1. The molecule has 2 heterocycles. The molecule has 2 aromatic rings. The quantitative estimate of drug-likeness (QED) is 0.569. The van der Waals surface area contributed by atoms with Crippen LogP contribution >= 0.6 is 23.8 Å². The molecule has 3 nitrogen and oxygen atoms in total. The van der Waals surface area contributed by atoms with Crippen molar-refractivity contribution in [2.45, 2.75) is 52.0 Å². The van der Waals surface area contributed by atoms with Crippen LogP contribution in [-0.2, 0) is 6.54 Å². The van der Waals surface area contributed by atoms with Crippen molar-refractivity contribution in [3.63, 3.8) is 0 Å². The fraction of sp³-hybridized carbons (Fsp3) is 0.571. The molecule has 0 aliphatic rings. The highest BCUT2D eigenvalue weighted by Crippen LogP contribution is 2.17. The van der Waals surface area contributed by atoms with E-state index >= 15 is 0 Å². The van der Waals surface area contributed by atoms with Gasteiger partial charge in [0.05, 0.1) is 10.5 Å². The first-order chi connectivity index (χ1) is 9.22. The fourth-order valence-electron chi connectivity index (χ4n) is 2.28. The second-order valence-corrected chi connectivity index (χ2v) is 5.70. The number of unbranched alkanes of at least 4 members (excludes halogenated alkanes) is 5. The van der Waals surface area contributed by atoms with E-state index in [1.165, 1.54) is 32.1 Å². The van der Waals surface area contributed by atoms with Gasteiger partial charge < -0.3 is 9.55 Å². The molecule has 0 fully saturated rings. The van der Waals surface area contributed by atoms with Gasteiger partial charge in [-0.3, -0.25) is 0 Å². The van der Waals surface area contributed by atoms with Gasteiger partial charge in [-0.05, 0) is 24.7 Å². The van der Waals surface area contributed by atoms with E-state index in [2.05, 4.69) is 21.5 Å². The van der Waals surface area contributed by atoms with E-state index in [0.29, 0.717) is 5.02 Å². The van der Waals surface area contributed by atoms with Crippen molar-refractivity contribution < 1.29 is 0 Å². The Bertz CT molecular complexity index is 588. The third-order valence-corrected chi connectivity index (χ3v) is 3.84. The van der Waals surface area contributed by atoms with Gasteiger partial charge in [-0.15, -0.1) is 0 Å². The Morgan fingerprint density at radius 3 is 2.79 bits per heavy atom. The third kappa shape index (κ3) is 3.80. The fourth-order valence-corrected chi connectivity index (χ4v) is 2.72. The lowest BCUT2D eigenvalue weighted by Crippen LogP contribution is -1.99. The summed E-state index contributed by atoms with van der Waals surface area (Å²) in [5.41, 5.74) is 1.83. The third-order valence-electron chi connectivity index (χ3n) is 3.31. The number of hydrogen-bond donors (Lipinski definition) is 1. The van der Waals surface area contributed by atoms with Gasteiger partial charge >= 0.3 is 0 Å². The lowest BCUT2D eigenvalue weighted by molar-refractivity contribution is 0.560. The monoisotopic (exact) mass is 297 g/mol. The Kier molecular flexibility index (Phi) is 5.40. The summed E-state index contributed by atoms with van der Waals surface area (Å²) in [5, 5.41) is 0.635. The molecule has 0 spiro atoms. The van der Waals surface area contributed by atoms with E-state index in [0.717, 1.165) is 28.9 Å². The molecule has 19 heavy (non-hydrogen) atoms. The minimum atomic E-state index is 0.635. The summed E-state index contributed by atoms with van der Waals surface area (Å²) in [5.74, 6) is 0. The molecule has 1 N–H and O–H groups in total. The molecule has 0 aliphatic carbocycles. The van der Waals surface area contributed by atoms with Crippen LogP contribution in [0.1, 0.15) is 45.4 Å². The summed E-state index contributed by atoms with van der Waals surface area (Å²) < 4.78 is 2.80. The van der Waals surface area contributed by atoms with Crippen molar-refractivity contribution in [2.75, 3.05) is 0 Å². The van der Waals surface area contributed by atoms with Crippen LogP contribution in [0.5, 0.6) is 0 Å². The zero-order chi connectivity index (χ0) is 13.7. The molecule has 5 heteroatoms. The molecule has 0 unspecified atom stereocenters. The number of hydrogen-bond acceptors (Lipinski definition) is 2. The van der Waals surface area contributed by atoms with Gasteiger partial charge in [-0.25, -0.2) is 4.98 Å². The summed E-state index contributed by atoms with van der Waals surface area (Å²) in [6, 6.07) is 1.87. The summed E-state index contributed by atoms with van der Waals surface area (Å²) in [7, 11) is 0. The zero-order valence-corrected chi connectivity index (χ0v) is 12.9. The van der Waals surface area contributed by atoms with Crippen LogP contribution in [0.15, 0.2) is 12.3 Å². The minimum Gasteiger partial charge on any atom is -0.329 e. The first-order valence-corrected chi connectivity index (χ1v) is 7.75. The normalized spacial score (nSPS) is 11.3. The van der Waals surface area contributed by atoms with Gasteiger partial charge in [0, 0.05) is 12.7 Å². The number of aromatic amines is 1. The minimum absolute atomic E-state index is 0.635. The number of pyridine rings is 1. The Morgan fingerprint density at radius 2 is 2.00 bits per heavy atom. The van der Waals surface area contributed by atoms with E-state index in [9.17, 15) is 0 Å². The Morgan fingerprint density at radius 1 is 1.26 bits per heavy atom. The molecule has 0 atom stereocenters. The van der Waals surface area contributed by atoms with Crippen molar-refractivity contribution >= 4 is 35.0 Å². The lowest BCUT2D eigenvalue weighted by atomic mass is 10.1. The predicted molar refractivity (Wildman–Crippen MR) is 83.3 cm³/mol. The van der Waals surface area contributed by atoms with Crippen LogP contribution in [0, 0.1) is 4.77 Å². The molecular weight excluding hydrogens is 278 g/mol. The molecule has 0 saturated carbocycles. The Hall–Kier alpha value is -0.870. The zero-order valence-electron chi connectivity index (χ0n) is 11.3. The highest BCUT2D eigenvalue weighted by Gasteiger charge is 2.05. The van der Waals surface area contributed by atoms with Crippen molar-refractivity contribution in [3.05, 3.63) is 22.1 Å². The molecular formula is C14H20ClN3S. The number of aromatic nitrogens is 3. The number of nitrogens with one attached hydrogen (secondary N) is 1. The summed E-state index contributed by atoms with van der Waals surface area (Å²) in [6.07, 6.45) is 9.35. The van der Waals surface area contributed by atoms with Crippen molar-refractivity contribution in [1.29, 1.82) is 0 Å². The standard InChI is InChI=1S/C14H20ClN3S/c1-2-3-4-5-6-7-8-18-13-12(17-14(18)19)9-11(15)10-16-13/h9-10H,2-8H2,1H3,(H,17,19). The number of fused-ring (bicyclic) bond motifs is 1. The maximum Gasteiger partial charge on any atom is 0.179 e. The van der Waals surface area contributed by atoms with E-state index in [-0.39, 0.29) is 0 Å². The van der Waals surface area contributed by atoms with Gasteiger partial charge in [0.25, 0.3) is 0 Å². The first-order valence-electron chi connectivity index (χ1n) is 6.96. The second-order valence-electron chi connectivity index (χ2n) is 4.87. The molecule has 0 saturated heterocycles. The first kappa shape index (κ1) is 14.5. The molecule has 0 radical (unpaired) electrons. The van der Waals surface area contributed by atoms with E-state index in [4.69, 9.17) is 23.8 Å². The number of rotatable bonds is 7. The number of H-pyrrole nitrogens is 1. The van der Waals surface area contributed by atoms with Gasteiger partial charge in [0.1, 0.15) is 0 Å². The largest absolute Gasteiger partial charge is 0.329 e. The van der Waals surface area contributed by atoms with Crippen LogP contribution in [-0.4, -0.2) is 14.5 Å². The summed E-state index contributed by atoms with van der Waals surface area (Å²) in [4.78, 5) is 7.52.